The number of hydrogen-bond acceptors (Lipinski definition) is 5. The van der Waals surface area contributed by atoms with Gasteiger partial charge in [-0.1, -0.05) is 18.2 Å². The Labute approximate surface area is 200 Å². The van der Waals surface area contributed by atoms with Gasteiger partial charge in [0.1, 0.15) is 23.6 Å². The highest BCUT2D eigenvalue weighted by Crippen LogP contribution is 2.58. The molecule has 2 aliphatic rings. The molecule has 1 saturated heterocycles. The zero-order chi connectivity index (χ0) is 25.1. The number of aromatic nitrogens is 3. The quantitative estimate of drug-likeness (QED) is 0.553. The number of piperidine rings is 1. The van der Waals surface area contributed by atoms with Crippen LogP contribution >= 0.6 is 0 Å². The van der Waals surface area contributed by atoms with Crippen molar-refractivity contribution in [2.45, 2.75) is 38.2 Å². The van der Waals surface area contributed by atoms with Crippen molar-refractivity contribution in [2.75, 3.05) is 25.0 Å². The monoisotopic (exact) mass is 485 g/mol. The number of likely N-dealkylation sites (tertiary alicyclic amines) is 1. The lowest BCUT2D eigenvalue weighted by Crippen LogP contribution is -2.41. The number of amides is 1. The number of carbonyl (C=O) groups excluding carboxylic acids is 1. The number of aryl methyl sites for hydroxylation is 1. The van der Waals surface area contributed by atoms with Crippen LogP contribution in [0.25, 0.3) is 11.0 Å². The second-order valence-corrected chi connectivity index (χ2v) is 9.61. The smallest absolute Gasteiger partial charge is 0.266 e. The summed E-state index contributed by atoms with van der Waals surface area (Å²) in [5.74, 6) is -0.194. The molecule has 2 atom stereocenters. The molecular formula is C25H26F3N5O2. The van der Waals surface area contributed by atoms with Crippen molar-refractivity contribution in [3.05, 3.63) is 63.5 Å². The maximum absolute atomic E-state index is 14.7. The third-order valence-electron chi connectivity index (χ3n) is 7.58. The zero-order valence-corrected chi connectivity index (χ0v) is 19.8. The van der Waals surface area contributed by atoms with Gasteiger partial charge >= 0.3 is 0 Å². The van der Waals surface area contributed by atoms with Crippen LogP contribution in [0.3, 0.4) is 0 Å². The molecule has 0 spiro atoms. The van der Waals surface area contributed by atoms with E-state index < -0.39 is 17.8 Å². The van der Waals surface area contributed by atoms with Crippen molar-refractivity contribution in [1.29, 1.82) is 0 Å². The van der Waals surface area contributed by atoms with Crippen molar-refractivity contribution in [1.82, 2.24) is 19.4 Å². The predicted molar refractivity (Wildman–Crippen MR) is 125 cm³/mol. The number of benzene rings is 1. The van der Waals surface area contributed by atoms with Crippen LogP contribution in [0.5, 0.6) is 0 Å². The van der Waals surface area contributed by atoms with Crippen molar-refractivity contribution in [3.8, 4) is 0 Å². The van der Waals surface area contributed by atoms with E-state index in [-0.39, 0.29) is 34.9 Å². The van der Waals surface area contributed by atoms with Gasteiger partial charge in [0.05, 0.1) is 10.9 Å². The van der Waals surface area contributed by atoms with E-state index in [1.54, 1.807) is 25.9 Å². The van der Waals surface area contributed by atoms with E-state index in [0.29, 0.717) is 41.9 Å². The van der Waals surface area contributed by atoms with Crippen LogP contribution in [-0.2, 0) is 23.8 Å². The van der Waals surface area contributed by atoms with Crippen molar-refractivity contribution in [2.24, 2.45) is 13.0 Å². The molecular weight excluding hydrogens is 459 g/mol. The van der Waals surface area contributed by atoms with Gasteiger partial charge in [0.2, 0.25) is 5.91 Å². The average molecular weight is 486 g/mol. The molecule has 1 amide bonds. The van der Waals surface area contributed by atoms with Crippen LogP contribution in [-0.4, -0.2) is 45.5 Å². The molecule has 2 aromatic heterocycles. The SMILES string of the molecule is CC(=O)N1CCC2(c3cc4c(N(C)Cc5cccc(C(F)F)c5F)ncnc4n(C)c3=O)CC2C1. The molecule has 3 heterocycles. The number of nitrogens with zero attached hydrogens (tertiary/aromatic N) is 5. The van der Waals surface area contributed by atoms with Crippen LogP contribution < -0.4 is 10.5 Å². The number of anilines is 1. The molecule has 7 nitrogen and oxygen atoms in total. The molecule has 1 saturated carbocycles. The fourth-order valence-electron chi connectivity index (χ4n) is 5.51. The molecule has 0 N–H and O–H groups in total. The van der Waals surface area contributed by atoms with E-state index in [0.717, 1.165) is 12.5 Å². The highest BCUT2D eigenvalue weighted by atomic mass is 19.3. The van der Waals surface area contributed by atoms with Crippen LogP contribution in [0, 0.1) is 11.7 Å². The first-order valence-electron chi connectivity index (χ1n) is 11.5. The third kappa shape index (κ3) is 3.75. The first-order valence-corrected chi connectivity index (χ1v) is 11.5. The van der Waals surface area contributed by atoms with Gasteiger partial charge in [-0.25, -0.2) is 23.1 Å². The van der Waals surface area contributed by atoms with Gasteiger partial charge in [-0.05, 0) is 24.8 Å². The minimum Gasteiger partial charge on any atom is -0.355 e. The maximum atomic E-state index is 14.7. The van der Waals surface area contributed by atoms with Crippen LogP contribution in [0.4, 0.5) is 19.0 Å². The molecule has 1 aliphatic heterocycles. The van der Waals surface area contributed by atoms with Gasteiger partial charge < -0.3 is 9.80 Å². The molecule has 1 aromatic carbocycles. The van der Waals surface area contributed by atoms with Crippen LogP contribution in [0.2, 0.25) is 0 Å². The van der Waals surface area contributed by atoms with Gasteiger partial charge in [0.25, 0.3) is 12.0 Å². The molecule has 10 heteroatoms. The van der Waals surface area contributed by atoms with Gasteiger partial charge in [0.15, 0.2) is 0 Å². The van der Waals surface area contributed by atoms with Crippen LogP contribution in [0.15, 0.2) is 35.4 Å². The Hall–Kier alpha value is -3.43. The molecule has 0 radical (unpaired) electrons. The molecule has 1 aliphatic carbocycles. The minimum absolute atomic E-state index is 0.0119. The normalized spacial score (nSPS) is 21.3. The second-order valence-electron chi connectivity index (χ2n) is 9.61. The highest BCUT2D eigenvalue weighted by Gasteiger charge is 2.59. The zero-order valence-electron chi connectivity index (χ0n) is 19.8. The van der Waals surface area contributed by atoms with Gasteiger partial charge in [-0.3, -0.25) is 14.2 Å². The molecule has 5 rings (SSSR count). The van der Waals surface area contributed by atoms with E-state index in [4.69, 9.17) is 0 Å². The lowest BCUT2D eigenvalue weighted by atomic mass is 9.87. The summed E-state index contributed by atoms with van der Waals surface area (Å²) in [6.45, 7) is 2.81. The van der Waals surface area contributed by atoms with Crippen LogP contribution in [0.1, 0.15) is 42.9 Å². The summed E-state index contributed by atoms with van der Waals surface area (Å²) in [6.07, 6.45) is -0.0230. The molecule has 3 aromatic rings. The van der Waals surface area contributed by atoms with E-state index in [1.165, 1.54) is 23.0 Å². The largest absolute Gasteiger partial charge is 0.355 e. The third-order valence-corrected chi connectivity index (χ3v) is 7.58. The number of pyridine rings is 1. The van der Waals surface area contributed by atoms with Crippen molar-refractivity contribution >= 4 is 22.8 Å². The lowest BCUT2D eigenvalue weighted by molar-refractivity contribution is -0.130. The maximum Gasteiger partial charge on any atom is 0.266 e. The van der Waals surface area contributed by atoms with Gasteiger partial charge in [0, 0.05) is 57.2 Å². The Morgan fingerprint density at radius 3 is 2.77 bits per heavy atom. The summed E-state index contributed by atoms with van der Waals surface area (Å²) in [5, 5.41) is 0.631. The highest BCUT2D eigenvalue weighted by molar-refractivity contribution is 5.88. The summed E-state index contributed by atoms with van der Waals surface area (Å²) in [6, 6.07) is 5.79. The topological polar surface area (TPSA) is 71.3 Å². The summed E-state index contributed by atoms with van der Waals surface area (Å²) in [5.41, 5.74) is 0.198. The Morgan fingerprint density at radius 2 is 2.09 bits per heavy atom. The average Bonchev–Trinajstić information content (AvgIpc) is 3.56. The van der Waals surface area contributed by atoms with Crippen molar-refractivity contribution in [3.63, 3.8) is 0 Å². The van der Waals surface area contributed by atoms with E-state index in [9.17, 15) is 22.8 Å². The Morgan fingerprint density at radius 1 is 1.31 bits per heavy atom. The predicted octanol–water partition coefficient (Wildman–Crippen LogP) is 3.55. The van der Waals surface area contributed by atoms with Crippen molar-refractivity contribution < 1.29 is 18.0 Å². The molecule has 2 unspecified atom stereocenters. The molecule has 35 heavy (non-hydrogen) atoms. The van der Waals surface area contributed by atoms with Gasteiger partial charge in [-0.15, -0.1) is 0 Å². The summed E-state index contributed by atoms with van der Waals surface area (Å²) < 4.78 is 42.5. The van der Waals surface area contributed by atoms with Gasteiger partial charge in [-0.2, -0.15) is 0 Å². The standard InChI is InChI=1S/C25H26F3N5O2/c1-14(34)33-8-7-25(10-16(25)12-33)19-9-18-22(29-13-30-23(18)32(3)24(19)35)31(2)11-15-5-4-6-17(20(15)26)21(27)28/h4-6,9,13,16,21H,7-8,10-12H2,1-3H3. The lowest BCUT2D eigenvalue weighted by Gasteiger charge is -2.31. The first-order chi connectivity index (χ1) is 16.6. The minimum atomic E-state index is -2.91. The van der Waals surface area contributed by atoms with E-state index in [1.807, 2.05) is 11.0 Å². The summed E-state index contributed by atoms with van der Waals surface area (Å²) in [7, 11) is 3.36. The molecule has 2 fully saturated rings. The fourth-order valence-corrected chi connectivity index (χ4v) is 5.51. The number of carbonyl (C=O) groups is 1. The summed E-state index contributed by atoms with van der Waals surface area (Å²) in [4.78, 5) is 37.4. The second kappa shape index (κ2) is 8.35. The summed E-state index contributed by atoms with van der Waals surface area (Å²) >= 11 is 0. The number of rotatable bonds is 5. The fraction of sp³-hybridized carbons (Fsp3) is 0.440. The first kappa shape index (κ1) is 23.3. The van der Waals surface area contributed by atoms with E-state index in [2.05, 4.69) is 9.97 Å². The molecule has 184 valence electrons. The number of hydrogen-bond donors (Lipinski definition) is 0. The number of fused-ring (bicyclic) bond motifs is 2. The molecule has 0 bridgehead atoms. The van der Waals surface area contributed by atoms with E-state index >= 15 is 0 Å². The Kier molecular flexibility index (Phi) is 5.56. The number of alkyl halides is 2. The Balaban J connectivity index is 1.54. The number of halogens is 3. The Bertz CT molecular complexity index is 1390.